The molecule has 142 valence electrons. The van der Waals surface area contributed by atoms with Gasteiger partial charge in [0.25, 0.3) is 5.91 Å². The van der Waals surface area contributed by atoms with Gasteiger partial charge in [-0.1, -0.05) is 18.2 Å². The summed E-state index contributed by atoms with van der Waals surface area (Å²) in [5, 5.41) is 9.76. The van der Waals surface area contributed by atoms with Crippen LogP contribution >= 0.6 is 11.3 Å². The summed E-state index contributed by atoms with van der Waals surface area (Å²) in [4.78, 5) is 17.1. The number of hydrogen-bond donors (Lipinski definition) is 3. The normalized spacial score (nSPS) is 11.6. The van der Waals surface area contributed by atoms with Gasteiger partial charge in [0.2, 0.25) is 0 Å². The molecule has 0 spiro atoms. The standard InChI is InChI=1S/C17H16F3N5OS/c1-9-15(27-14(22-9)6-7-21)16(26)23-13-8-12(24-25-13)10-4-2-3-5-11(10)17(18,19)20/h2-5,8H,6-7,21H2,1H3,(H2,23,24,25,26). The van der Waals surface area contributed by atoms with Crippen molar-refractivity contribution in [3.8, 4) is 11.3 Å². The predicted octanol–water partition coefficient (Wildman–Crippen LogP) is 3.61. The molecule has 0 radical (unpaired) electrons. The Hall–Kier alpha value is -2.72. The summed E-state index contributed by atoms with van der Waals surface area (Å²) in [7, 11) is 0. The quantitative estimate of drug-likeness (QED) is 0.615. The highest BCUT2D eigenvalue weighted by atomic mass is 32.1. The number of amides is 1. The maximum atomic E-state index is 13.2. The summed E-state index contributed by atoms with van der Waals surface area (Å²) in [6.07, 6.45) is -3.93. The van der Waals surface area contributed by atoms with Crippen molar-refractivity contribution in [3.63, 3.8) is 0 Å². The Morgan fingerprint density at radius 1 is 1.33 bits per heavy atom. The van der Waals surface area contributed by atoms with Crippen molar-refractivity contribution in [2.24, 2.45) is 5.73 Å². The number of nitrogens with one attached hydrogen (secondary N) is 2. The van der Waals surface area contributed by atoms with E-state index >= 15 is 0 Å². The molecule has 2 heterocycles. The van der Waals surface area contributed by atoms with Gasteiger partial charge in [0, 0.05) is 18.1 Å². The number of carbonyl (C=O) groups excluding carboxylic acids is 1. The number of benzene rings is 1. The molecular formula is C17H16F3N5OS. The number of nitrogens with two attached hydrogens (primary N) is 1. The number of nitrogens with zero attached hydrogens (tertiary/aromatic N) is 2. The molecule has 27 heavy (non-hydrogen) atoms. The number of halogens is 3. The van der Waals surface area contributed by atoms with E-state index in [1.165, 1.54) is 35.6 Å². The molecule has 1 aromatic carbocycles. The van der Waals surface area contributed by atoms with E-state index in [0.717, 1.165) is 11.1 Å². The fourth-order valence-electron chi connectivity index (χ4n) is 2.56. The third-order valence-corrected chi connectivity index (χ3v) is 4.96. The molecular weight excluding hydrogens is 379 g/mol. The number of thiazole rings is 1. The molecule has 0 aliphatic heterocycles. The first-order valence-electron chi connectivity index (χ1n) is 7.99. The number of H-pyrrole nitrogens is 1. The lowest BCUT2D eigenvalue weighted by molar-refractivity contribution is -0.137. The zero-order chi connectivity index (χ0) is 19.6. The van der Waals surface area contributed by atoms with Crippen molar-refractivity contribution < 1.29 is 18.0 Å². The average molecular weight is 395 g/mol. The maximum Gasteiger partial charge on any atom is 0.417 e. The molecule has 2 aromatic heterocycles. The SMILES string of the molecule is Cc1nc(CCN)sc1C(=O)Nc1cc(-c2ccccc2C(F)(F)F)[nH]n1. The maximum absolute atomic E-state index is 13.2. The average Bonchev–Trinajstić information content (AvgIpc) is 3.21. The minimum absolute atomic E-state index is 0.0443. The summed E-state index contributed by atoms with van der Waals surface area (Å²) >= 11 is 1.23. The highest BCUT2D eigenvalue weighted by Gasteiger charge is 2.33. The second-order valence-corrected chi connectivity index (χ2v) is 6.81. The highest BCUT2D eigenvalue weighted by Crippen LogP contribution is 2.36. The van der Waals surface area contributed by atoms with Crippen LogP contribution in [0.5, 0.6) is 0 Å². The first-order valence-corrected chi connectivity index (χ1v) is 8.81. The molecule has 1 amide bonds. The van der Waals surface area contributed by atoms with Crippen molar-refractivity contribution in [1.29, 1.82) is 0 Å². The molecule has 0 aliphatic carbocycles. The van der Waals surface area contributed by atoms with Gasteiger partial charge >= 0.3 is 6.18 Å². The molecule has 0 saturated heterocycles. The zero-order valence-corrected chi connectivity index (χ0v) is 15.0. The van der Waals surface area contributed by atoms with Crippen LogP contribution in [0.2, 0.25) is 0 Å². The monoisotopic (exact) mass is 395 g/mol. The highest BCUT2D eigenvalue weighted by molar-refractivity contribution is 7.13. The molecule has 0 bridgehead atoms. The van der Waals surface area contributed by atoms with Gasteiger partial charge in [-0.3, -0.25) is 9.89 Å². The molecule has 3 rings (SSSR count). The fraction of sp³-hybridized carbons (Fsp3) is 0.235. The van der Waals surface area contributed by atoms with E-state index in [1.54, 1.807) is 6.92 Å². The van der Waals surface area contributed by atoms with Crippen LogP contribution in [-0.2, 0) is 12.6 Å². The van der Waals surface area contributed by atoms with Gasteiger partial charge in [-0.2, -0.15) is 18.3 Å². The van der Waals surface area contributed by atoms with Gasteiger partial charge in [0.05, 0.1) is 22.0 Å². The Labute approximate surface area is 156 Å². The van der Waals surface area contributed by atoms with Crippen LogP contribution in [0.1, 0.15) is 25.9 Å². The fourth-order valence-corrected chi connectivity index (χ4v) is 3.53. The topological polar surface area (TPSA) is 96.7 Å². The Morgan fingerprint density at radius 2 is 2.07 bits per heavy atom. The zero-order valence-electron chi connectivity index (χ0n) is 14.2. The van der Waals surface area contributed by atoms with E-state index < -0.39 is 17.6 Å². The lowest BCUT2D eigenvalue weighted by atomic mass is 10.0. The number of aryl methyl sites for hydroxylation is 1. The van der Waals surface area contributed by atoms with Crippen LogP contribution in [0.3, 0.4) is 0 Å². The van der Waals surface area contributed by atoms with E-state index in [1.807, 2.05) is 0 Å². The van der Waals surface area contributed by atoms with E-state index in [0.29, 0.717) is 23.5 Å². The van der Waals surface area contributed by atoms with Gasteiger partial charge in [-0.25, -0.2) is 4.98 Å². The number of aromatic amines is 1. The van der Waals surface area contributed by atoms with Crippen LogP contribution < -0.4 is 11.1 Å². The van der Waals surface area contributed by atoms with E-state index in [-0.39, 0.29) is 17.1 Å². The lowest BCUT2D eigenvalue weighted by Gasteiger charge is -2.10. The second-order valence-electron chi connectivity index (χ2n) is 5.73. The van der Waals surface area contributed by atoms with Crippen molar-refractivity contribution in [1.82, 2.24) is 15.2 Å². The Balaban J connectivity index is 1.82. The first kappa shape index (κ1) is 19.1. The van der Waals surface area contributed by atoms with Gasteiger partial charge in [-0.05, 0) is 19.5 Å². The number of alkyl halides is 3. The largest absolute Gasteiger partial charge is 0.417 e. The number of hydrogen-bond acceptors (Lipinski definition) is 5. The predicted molar refractivity (Wildman–Crippen MR) is 96.6 cm³/mol. The Kier molecular flexibility index (Phi) is 5.29. The van der Waals surface area contributed by atoms with Crippen LogP contribution in [0, 0.1) is 6.92 Å². The van der Waals surface area contributed by atoms with E-state index in [2.05, 4.69) is 20.5 Å². The summed E-state index contributed by atoms with van der Waals surface area (Å²) < 4.78 is 39.5. The molecule has 0 aliphatic rings. The van der Waals surface area contributed by atoms with Crippen LogP contribution in [-0.4, -0.2) is 27.6 Å². The molecule has 0 fully saturated rings. The molecule has 0 atom stereocenters. The van der Waals surface area contributed by atoms with Crippen molar-refractivity contribution in [3.05, 3.63) is 51.5 Å². The molecule has 3 aromatic rings. The van der Waals surface area contributed by atoms with E-state index in [9.17, 15) is 18.0 Å². The van der Waals surface area contributed by atoms with Crippen molar-refractivity contribution in [2.45, 2.75) is 19.5 Å². The van der Waals surface area contributed by atoms with Gasteiger partial charge < -0.3 is 11.1 Å². The Morgan fingerprint density at radius 3 is 2.78 bits per heavy atom. The Bertz CT molecular complexity index is 964. The summed E-state index contributed by atoms with van der Waals surface area (Å²) in [6.45, 7) is 2.14. The van der Waals surface area contributed by atoms with E-state index in [4.69, 9.17) is 5.73 Å². The van der Waals surface area contributed by atoms with Crippen LogP contribution in [0.4, 0.5) is 19.0 Å². The minimum atomic E-state index is -4.50. The molecule has 4 N–H and O–H groups in total. The van der Waals surface area contributed by atoms with Crippen molar-refractivity contribution in [2.75, 3.05) is 11.9 Å². The molecule has 6 nitrogen and oxygen atoms in total. The third kappa shape index (κ3) is 4.17. The van der Waals surface area contributed by atoms with Gasteiger partial charge in [-0.15, -0.1) is 11.3 Å². The number of aromatic nitrogens is 3. The molecule has 10 heteroatoms. The second kappa shape index (κ2) is 7.49. The van der Waals surface area contributed by atoms with Crippen LogP contribution in [0.25, 0.3) is 11.3 Å². The summed E-state index contributed by atoms with van der Waals surface area (Å²) in [6, 6.07) is 6.52. The smallest absolute Gasteiger partial charge is 0.330 e. The number of rotatable bonds is 5. The third-order valence-electron chi connectivity index (χ3n) is 3.75. The summed E-state index contributed by atoms with van der Waals surface area (Å²) in [5.41, 5.74) is 5.39. The number of carbonyl (C=O) groups is 1. The van der Waals surface area contributed by atoms with Gasteiger partial charge in [0.1, 0.15) is 4.88 Å². The van der Waals surface area contributed by atoms with Crippen LogP contribution in [0.15, 0.2) is 30.3 Å². The minimum Gasteiger partial charge on any atom is -0.330 e. The van der Waals surface area contributed by atoms with Crippen molar-refractivity contribution >= 4 is 23.1 Å². The number of anilines is 1. The summed E-state index contributed by atoms with van der Waals surface area (Å²) in [5.74, 6) is -0.296. The van der Waals surface area contributed by atoms with Gasteiger partial charge in [0.15, 0.2) is 5.82 Å². The molecule has 0 unspecified atom stereocenters. The molecule has 0 saturated carbocycles. The first-order chi connectivity index (χ1) is 12.8. The lowest BCUT2D eigenvalue weighted by Crippen LogP contribution is -2.11.